The summed E-state index contributed by atoms with van der Waals surface area (Å²) in [7, 11) is 0. The van der Waals surface area contributed by atoms with Gasteiger partial charge in [-0.1, -0.05) is 12.1 Å². The fourth-order valence-electron chi connectivity index (χ4n) is 2.35. The van der Waals surface area contributed by atoms with E-state index < -0.39 is 6.10 Å². The standard InChI is InChI=1S/C15H23NO3/c1-12-3-2-4-15(9-12)19-11-14(18)10-16-7-5-13(17)6-8-16/h2-4,9,13-14,17-18H,5-8,10-11H2,1H3. The van der Waals surface area contributed by atoms with Gasteiger partial charge in [0.05, 0.1) is 6.10 Å². The summed E-state index contributed by atoms with van der Waals surface area (Å²) in [6.07, 6.45) is 0.935. The molecule has 0 amide bonds. The smallest absolute Gasteiger partial charge is 0.119 e. The SMILES string of the molecule is Cc1cccc(OCC(O)CN2CCC(O)CC2)c1. The van der Waals surface area contributed by atoms with E-state index in [1.165, 1.54) is 0 Å². The summed E-state index contributed by atoms with van der Waals surface area (Å²) >= 11 is 0. The second-order valence-corrected chi connectivity index (χ2v) is 5.31. The molecule has 1 aromatic rings. The van der Waals surface area contributed by atoms with Crippen molar-refractivity contribution in [1.29, 1.82) is 0 Å². The highest BCUT2D eigenvalue weighted by atomic mass is 16.5. The molecule has 1 atom stereocenters. The predicted octanol–water partition coefficient (Wildman–Crippen LogP) is 1.19. The minimum atomic E-state index is -0.490. The van der Waals surface area contributed by atoms with E-state index in [0.29, 0.717) is 13.2 Å². The van der Waals surface area contributed by atoms with Crippen molar-refractivity contribution >= 4 is 0 Å². The normalized spacial score (nSPS) is 19.3. The van der Waals surface area contributed by atoms with E-state index in [9.17, 15) is 10.2 Å². The average molecular weight is 265 g/mol. The topological polar surface area (TPSA) is 52.9 Å². The van der Waals surface area contributed by atoms with E-state index in [1.54, 1.807) is 0 Å². The maximum absolute atomic E-state index is 9.97. The highest BCUT2D eigenvalue weighted by molar-refractivity contribution is 5.27. The second-order valence-electron chi connectivity index (χ2n) is 5.31. The van der Waals surface area contributed by atoms with Crippen LogP contribution in [0.25, 0.3) is 0 Å². The van der Waals surface area contributed by atoms with Crippen LogP contribution >= 0.6 is 0 Å². The Morgan fingerprint density at radius 3 is 2.79 bits per heavy atom. The molecule has 1 fully saturated rings. The maximum atomic E-state index is 9.97. The monoisotopic (exact) mass is 265 g/mol. The van der Waals surface area contributed by atoms with E-state index >= 15 is 0 Å². The summed E-state index contributed by atoms with van der Waals surface area (Å²) in [6.45, 7) is 4.63. The van der Waals surface area contributed by atoms with Crippen LogP contribution in [0, 0.1) is 6.92 Å². The van der Waals surface area contributed by atoms with E-state index in [0.717, 1.165) is 37.2 Å². The lowest BCUT2D eigenvalue weighted by Crippen LogP contribution is -2.41. The van der Waals surface area contributed by atoms with Crippen LogP contribution in [0.5, 0.6) is 5.75 Å². The number of rotatable bonds is 5. The minimum Gasteiger partial charge on any atom is -0.491 e. The van der Waals surface area contributed by atoms with Gasteiger partial charge < -0.3 is 19.8 Å². The first-order chi connectivity index (χ1) is 9.13. The predicted molar refractivity (Wildman–Crippen MR) is 74.4 cm³/mol. The molecule has 106 valence electrons. The van der Waals surface area contributed by atoms with E-state index in [-0.39, 0.29) is 6.10 Å². The molecule has 1 heterocycles. The molecular weight excluding hydrogens is 242 g/mol. The lowest BCUT2D eigenvalue weighted by Gasteiger charge is -2.30. The average Bonchev–Trinajstić information content (AvgIpc) is 2.39. The summed E-state index contributed by atoms with van der Waals surface area (Å²) in [5.41, 5.74) is 1.15. The third-order valence-electron chi connectivity index (χ3n) is 3.46. The fourth-order valence-corrected chi connectivity index (χ4v) is 2.35. The van der Waals surface area contributed by atoms with Gasteiger partial charge in [-0.25, -0.2) is 0 Å². The number of aliphatic hydroxyl groups is 2. The number of benzene rings is 1. The summed E-state index contributed by atoms with van der Waals surface area (Å²) in [5, 5.41) is 19.4. The number of nitrogens with zero attached hydrogens (tertiary/aromatic N) is 1. The molecule has 1 aromatic carbocycles. The Morgan fingerprint density at radius 1 is 1.37 bits per heavy atom. The molecule has 1 aliphatic rings. The molecule has 19 heavy (non-hydrogen) atoms. The van der Waals surface area contributed by atoms with E-state index in [2.05, 4.69) is 4.90 Å². The summed E-state index contributed by atoms with van der Waals surface area (Å²) in [6, 6.07) is 7.83. The van der Waals surface area contributed by atoms with Crippen molar-refractivity contribution in [3.63, 3.8) is 0 Å². The minimum absolute atomic E-state index is 0.170. The van der Waals surface area contributed by atoms with Crippen LogP contribution in [0.4, 0.5) is 0 Å². The number of hydrogen-bond acceptors (Lipinski definition) is 4. The van der Waals surface area contributed by atoms with Crippen LogP contribution < -0.4 is 4.74 Å². The molecule has 2 N–H and O–H groups in total. The zero-order chi connectivity index (χ0) is 13.7. The first kappa shape index (κ1) is 14.3. The Bertz CT molecular complexity index is 389. The largest absolute Gasteiger partial charge is 0.491 e. The van der Waals surface area contributed by atoms with Crippen molar-refractivity contribution in [3.05, 3.63) is 29.8 Å². The van der Waals surface area contributed by atoms with Gasteiger partial charge in [-0.15, -0.1) is 0 Å². The Balaban J connectivity index is 1.71. The Morgan fingerprint density at radius 2 is 2.11 bits per heavy atom. The van der Waals surface area contributed by atoms with Gasteiger partial charge in [0.15, 0.2) is 0 Å². The molecule has 0 aromatic heterocycles. The molecule has 4 nitrogen and oxygen atoms in total. The summed E-state index contributed by atoms with van der Waals surface area (Å²) < 4.78 is 5.59. The number of likely N-dealkylation sites (tertiary alicyclic amines) is 1. The Kier molecular flexibility index (Phi) is 5.19. The highest BCUT2D eigenvalue weighted by Crippen LogP contribution is 2.13. The van der Waals surface area contributed by atoms with Crippen LogP contribution in [-0.2, 0) is 0 Å². The van der Waals surface area contributed by atoms with Crippen molar-refractivity contribution in [2.24, 2.45) is 0 Å². The third-order valence-corrected chi connectivity index (χ3v) is 3.46. The lowest BCUT2D eigenvalue weighted by atomic mass is 10.1. The maximum Gasteiger partial charge on any atom is 0.119 e. The molecule has 0 bridgehead atoms. The zero-order valence-corrected chi connectivity index (χ0v) is 11.5. The van der Waals surface area contributed by atoms with Crippen LogP contribution in [0.15, 0.2) is 24.3 Å². The van der Waals surface area contributed by atoms with Gasteiger partial charge in [0.2, 0.25) is 0 Å². The first-order valence-corrected chi connectivity index (χ1v) is 6.91. The lowest BCUT2D eigenvalue weighted by molar-refractivity contribution is 0.0337. The van der Waals surface area contributed by atoms with Crippen molar-refractivity contribution in [3.8, 4) is 5.75 Å². The number of piperidine rings is 1. The quantitative estimate of drug-likeness (QED) is 0.840. The second kappa shape index (κ2) is 6.89. The van der Waals surface area contributed by atoms with Gasteiger partial charge in [0, 0.05) is 19.6 Å². The molecule has 0 saturated carbocycles. The van der Waals surface area contributed by atoms with Crippen molar-refractivity contribution in [2.45, 2.75) is 32.0 Å². The van der Waals surface area contributed by atoms with Gasteiger partial charge in [-0.05, 0) is 37.5 Å². The van der Waals surface area contributed by atoms with Crippen molar-refractivity contribution in [1.82, 2.24) is 4.90 Å². The summed E-state index contributed by atoms with van der Waals surface area (Å²) in [4.78, 5) is 2.18. The number of ether oxygens (including phenoxy) is 1. The van der Waals surface area contributed by atoms with Gasteiger partial charge in [-0.2, -0.15) is 0 Å². The number of hydrogen-bond donors (Lipinski definition) is 2. The molecule has 0 aliphatic carbocycles. The molecule has 0 spiro atoms. The van der Waals surface area contributed by atoms with Crippen LogP contribution in [-0.4, -0.2) is 53.6 Å². The Labute approximate surface area is 114 Å². The van der Waals surface area contributed by atoms with E-state index in [4.69, 9.17) is 4.74 Å². The number of aliphatic hydroxyl groups excluding tert-OH is 2. The van der Waals surface area contributed by atoms with Gasteiger partial charge >= 0.3 is 0 Å². The molecule has 1 saturated heterocycles. The van der Waals surface area contributed by atoms with Gasteiger partial charge in [0.25, 0.3) is 0 Å². The molecule has 0 radical (unpaired) electrons. The molecule has 1 unspecified atom stereocenters. The highest BCUT2D eigenvalue weighted by Gasteiger charge is 2.19. The van der Waals surface area contributed by atoms with Crippen molar-refractivity contribution < 1.29 is 14.9 Å². The van der Waals surface area contributed by atoms with Crippen molar-refractivity contribution in [2.75, 3.05) is 26.2 Å². The molecule has 4 heteroatoms. The van der Waals surface area contributed by atoms with Crippen LogP contribution in [0.3, 0.4) is 0 Å². The van der Waals surface area contributed by atoms with Crippen LogP contribution in [0.1, 0.15) is 18.4 Å². The zero-order valence-electron chi connectivity index (χ0n) is 11.5. The third kappa shape index (κ3) is 4.82. The Hall–Kier alpha value is -1.10. The molecule has 1 aliphatic heterocycles. The molecular formula is C15H23NO3. The molecule has 2 rings (SSSR count). The van der Waals surface area contributed by atoms with Gasteiger partial charge in [-0.3, -0.25) is 0 Å². The number of aryl methyl sites for hydroxylation is 1. The van der Waals surface area contributed by atoms with Gasteiger partial charge in [0.1, 0.15) is 18.5 Å². The van der Waals surface area contributed by atoms with Crippen LogP contribution in [0.2, 0.25) is 0 Å². The number of β-amino-alcohol motifs (C(OH)–C–C–N with tert-alkyl or cyclic N) is 1. The first-order valence-electron chi connectivity index (χ1n) is 6.91. The fraction of sp³-hybridized carbons (Fsp3) is 0.600. The summed E-state index contributed by atoms with van der Waals surface area (Å²) in [5.74, 6) is 0.799. The van der Waals surface area contributed by atoms with E-state index in [1.807, 2.05) is 31.2 Å².